The Morgan fingerprint density at radius 2 is 0.971 bits per heavy atom. The van der Waals surface area contributed by atoms with Crippen LogP contribution in [0.1, 0.15) is 25.3 Å². The van der Waals surface area contributed by atoms with E-state index in [1.807, 2.05) is 30.3 Å². The van der Waals surface area contributed by atoms with Crippen LogP contribution in [0.15, 0.2) is 91.0 Å². The van der Waals surface area contributed by atoms with Gasteiger partial charge in [0.15, 0.2) is 0 Å². The van der Waals surface area contributed by atoms with E-state index in [0.717, 1.165) is 16.9 Å². The van der Waals surface area contributed by atoms with Crippen molar-refractivity contribution in [2.75, 3.05) is 0 Å². The molecule has 2 nitrogen and oxygen atoms in total. The number of rotatable bonds is 6. The van der Waals surface area contributed by atoms with Crippen LogP contribution < -0.4 is 0 Å². The Labute approximate surface area is 229 Å². The molecule has 0 heterocycles. The summed E-state index contributed by atoms with van der Waals surface area (Å²) < 4.78 is 0. The van der Waals surface area contributed by atoms with Crippen molar-refractivity contribution in [3.63, 3.8) is 0 Å². The summed E-state index contributed by atoms with van der Waals surface area (Å²) in [6, 6.07) is 30.9. The molecule has 0 aliphatic heterocycles. The van der Waals surface area contributed by atoms with Gasteiger partial charge in [0.05, 0.1) is 0 Å². The second kappa shape index (κ2) is 12.9. The van der Waals surface area contributed by atoms with Crippen molar-refractivity contribution in [3.05, 3.63) is 119 Å². The standard InChI is InChI=1S/C22H31N2Si2.C7H7.Zr/c1-18-21(25(2,3)23-19-12-8-6-9-13-19)16-17-22(18)26(4,5)24-20-14-10-7-11-15-20;1-7-5-3-2-4-6-7;/h6-15,21-22H,16-17H2,1-5H3;2-6H,1H2;/q-3;-1;+4. The van der Waals surface area contributed by atoms with Crippen molar-refractivity contribution < 1.29 is 26.2 Å². The molecule has 1 aliphatic carbocycles. The van der Waals surface area contributed by atoms with Crippen LogP contribution in [0.2, 0.25) is 37.3 Å². The van der Waals surface area contributed by atoms with Crippen LogP contribution in [0.3, 0.4) is 0 Å². The van der Waals surface area contributed by atoms with Gasteiger partial charge in [-0.15, -0.1) is 23.5 Å². The van der Waals surface area contributed by atoms with E-state index in [9.17, 15) is 0 Å². The second-order valence-electron chi connectivity index (χ2n) is 10.1. The minimum Gasteiger partial charge on any atom is -0.688 e. The SMILES string of the molecule is C[C-]1C([Si](C)(C)[N-]c2ccccc2)CCC1[Si](C)(C)[N-]c1ccccc1.[CH2-]c1ccccc1.[Zr+4]. The molecule has 2 unspecified atom stereocenters. The molecule has 1 saturated carbocycles. The van der Waals surface area contributed by atoms with E-state index in [-0.39, 0.29) is 26.2 Å². The maximum atomic E-state index is 5.23. The number of hydrogen-bond acceptors (Lipinski definition) is 0. The first-order chi connectivity index (χ1) is 15.7. The molecule has 5 heteroatoms. The second-order valence-corrected chi connectivity index (χ2v) is 18.6. The Morgan fingerprint density at radius 3 is 1.26 bits per heavy atom. The van der Waals surface area contributed by atoms with Gasteiger partial charge in [-0.1, -0.05) is 122 Å². The third kappa shape index (κ3) is 8.00. The first-order valence-electron chi connectivity index (χ1n) is 12.0. The molecule has 1 fully saturated rings. The smallest absolute Gasteiger partial charge is 0.688 e. The van der Waals surface area contributed by atoms with Gasteiger partial charge in [0.25, 0.3) is 0 Å². The Kier molecular flexibility index (Phi) is 10.9. The summed E-state index contributed by atoms with van der Waals surface area (Å²) in [5.74, 6) is 1.68. The van der Waals surface area contributed by atoms with Crippen LogP contribution in [0.4, 0.5) is 11.4 Å². The Hall–Kier alpha value is -1.55. The van der Waals surface area contributed by atoms with Gasteiger partial charge in [0.2, 0.25) is 0 Å². The predicted octanol–water partition coefficient (Wildman–Crippen LogP) is 9.80. The van der Waals surface area contributed by atoms with Crippen molar-refractivity contribution in [1.29, 1.82) is 0 Å². The molecule has 0 radical (unpaired) electrons. The van der Waals surface area contributed by atoms with Crippen LogP contribution in [0.25, 0.3) is 9.96 Å². The Morgan fingerprint density at radius 1 is 0.647 bits per heavy atom. The molecule has 0 bridgehead atoms. The molecule has 4 rings (SSSR count). The summed E-state index contributed by atoms with van der Waals surface area (Å²) in [4.78, 5) is 10.5. The summed E-state index contributed by atoms with van der Waals surface area (Å²) in [5.41, 5.74) is 4.70. The van der Waals surface area contributed by atoms with Gasteiger partial charge in [0.1, 0.15) is 0 Å². The monoisotopic (exact) mass is 560 g/mol. The van der Waals surface area contributed by atoms with E-state index in [4.69, 9.17) is 9.96 Å². The molecule has 34 heavy (non-hydrogen) atoms. The molecule has 2 atom stereocenters. The third-order valence-electron chi connectivity index (χ3n) is 6.74. The van der Waals surface area contributed by atoms with Crippen LogP contribution in [-0.4, -0.2) is 16.5 Å². The minimum absolute atomic E-state index is 0. The van der Waals surface area contributed by atoms with E-state index >= 15 is 0 Å². The molecule has 0 spiro atoms. The fourth-order valence-electron chi connectivity index (χ4n) is 5.16. The van der Waals surface area contributed by atoms with Gasteiger partial charge < -0.3 is 15.9 Å². The minimum atomic E-state index is -1.72. The van der Waals surface area contributed by atoms with E-state index in [0.29, 0.717) is 11.1 Å². The summed E-state index contributed by atoms with van der Waals surface area (Å²) in [5, 5.41) is 0. The molecule has 0 saturated heterocycles. The molecule has 1 aliphatic rings. The summed E-state index contributed by atoms with van der Waals surface area (Å²) in [7, 11) is -3.44. The molecule has 176 valence electrons. The molecule has 3 aromatic carbocycles. The van der Waals surface area contributed by atoms with Crippen LogP contribution in [0.5, 0.6) is 0 Å². The van der Waals surface area contributed by atoms with Gasteiger partial charge in [-0.3, -0.25) is 0 Å². The fraction of sp³-hybridized carbons (Fsp3) is 0.310. The number of nitrogens with zero attached hydrogens (tertiary/aromatic N) is 2. The predicted molar refractivity (Wildman–Crippen MR) is 150 cm³/mol. The first-order valence-corrected chi connectivity index (χ1v) is 18.0. The summed E-state index contributed by atoms with van der Waals surface area (Å²) in [6.45, 7) is 15.8. The van der Waals surface area contributed by atoms with E-state index in [1.165, 1.54) is 12.8 Å². The average Bonchev–Trinajstić information content (AvgIpc) is 3.19. The van der Waals surface area contributed by atoms with Gasteiger partial charge in [-0.05, 0) is 0 Å². The van der Waals surface area contributed by atoms with Gasteiger partial charge >= 0.3 is 26.2 Å². The zero-order valence-electron chi connectivity index (χ0n) is 21.3. The largest absolute Gasteiger partial charge is 4.00 e. The number of benzene rings is 3. The summed E-state index contributed by atoms with van der Waals surface area (Å²) >= 11 is 0. The van der Waals surface area contributed by atoms with Crippen molar-refractivity contribution in [2.24, 2.45) is 0 Å². The van der Waals surface area contributed by atoms with Gasteiger partial charge in [-0.2, -0.15) is 42.6 Å². The quantitative estimate of drug-likeness (QED) is 0.212. The zero-order chi connectivity index (χ0) is 23.9. The van der Waals surface area contributed by atoms with Crippen molar-refractivity contribution in [3.8, 4) is 0 Å². The van der Waals surface area contributed by atoms with Crippen LogP contribution in [-0.2, 0) is 26.2 Å². The Balaban J connectivity index is 0.000000439. The molecule has 0 N–H and O–H groups in total. The molecular formula is C29H38N2Si2Zr. The van der Waals surface area contributed by atoms with Crippen molar-refractivity contribution in [1.82, 2.24) is 0 Å². The summed E-state index contributed by atoms with van der Waals surface area (Å²) in [6.07, 6.45) is 2.57. The van der Waals surface area contributed by atoms with E-state index in [1.54, 1.807) is 5.92 Å². The van der Waals surface area contributed by atoms with Crippen molar-refractivity contribution >= 4 is 27.8 Å². The maximum Gasteiger partial charge on any atom is 4.00 e. The molecule has 3 aromatic rings. The molecule has 0 amide bonds. The van der Waals surface area contributed by atoms with E-state index in [2.05, 4.69) is 101 Å². The molecular weight excluding hydrogens is 524 g/mol. The van der Waals surface area contributed by atoms with Gasteiger partial charge in [0, 0.05) is 0 Å². The Bertz CT molecular complexity index is 904. The normalized spacial score (nSPS) is 18.3. The number of hydrogen-bond donors (Lipinski definition) is 0. The van der Waals surface area contributed by atoms with Crippen LogP contribution in [0, 0.1) is 12.8 Å². The maximum absolute atomic E-state index is 5.23. The fourth-order valence-corrected chi connectivity index (χ4v) is 11.6. The van der Waals surface area contributed by atoms with E-state index < -0.39 is 16.5 Å². The molecule has 0 aromatic heterocycles. The van der Waals surface area contributed by atoms with Crippen LogP contribution >= 0.6 is 0 Å². The van der Waals surface area contributed by atoms with Crippen molar-refractivity contribution in [2.45, 2.75) is 57.0 Å². The average molecular weight is 562 g/mol. The zero-order valence-corrected chi connectivity index (χ0v) is 25.8. The third-order valence-corrected chi connectivity index (χ3v) is 13.3. The topological polar surface area (TPSA) is 28.2 Å². The first kappa shape index (κ1) is 28.7. The van der Waals surface area contributed by atoms with Gasteiger partial charge in [-0.25, -0.2) is 0 Å².